The van der Waals surface area contributed by atoms with Gasteiger partial charge in [0.1, 0.15) is 0 Å². The predicted octanol–water partition coefficient (Wildman–Crippen LogP) is 4.31. The van der Waals surface area contributed by atoms with Crippen molar-refractivity contribution < 1.29 is 9.90 Å². The van der Waals surface area contributed by atoms with Crippen LogP contribution in [0.5, 0.6) is 0 Å². The number of nitrogens with zero attached hydrogens (tertiary/aromatic N) is 1. The summed E-state index contributed by atoms with van der Waals surface area (Å²) < 4.78 is 0. The summed E-state index contributed by atoms with van der Waals surface area (Å²) in [6.07, 6.45) is 3.93. The third-order valence-corrected chi connectivity index (χ3v) is 4.60. The molecule has 3 unspecified atom stereocenters. The summed E-state index contributed by atoms with van der Waals surface area (Å²) >= 11 is 6.42. The Morgan fingerprint density at radius 2 is 2.10 bits per heavy atom. The summed E-state index contributed by atoms with van der Waals surface area (Å²) in [6.45, 7) is 7.80. The molecule has 3 nitrogen and oxygen atoms in total. The number of carboxylic acid groups (broad SMARTS) is 1. The molecule has 0 radical (unpaired) electrons. The zero-order valence-electron chi connectivity index (χ0n) is 12.7. The number of aliphatic carboxylic acids is 1. The summed E-state index contributed by atoms with van der Waals surface area (Å²) in [7, 11) is 0. The summed E-state index contributed by atoms with van der Waals surface area (Å²) in [5, 5.41) is 9.34. The third kappa shape index (κ3) is 3.79. The number of carbonyl (C=O) groups is 1. The lowest BCUT2D eigenvalue weighted by Gasteiger charge is -2.43. The minimum absolute atomic E-state index is 0.458. The maximum absolute atomic E-state index is 10.6. The highest BCUT2D eigenvalue weighted by atomic mass is 35.5. The molecule has 0 aliphatic carbocycles. The van der Waals surface area contributed by atoms with Crippen molar-refractivity contribution in [2.45, 2.75) is 33.2 Å². The van der Waals surface area contributed by atoms with Crippen LogP contribution >= 0.6 is 11.6 Å². The Labute approximate surface area is 131 Å². The minimum Gasteiger partial charge on any atom is -0.478 e. The molecule has 3 atom stereocenters. The Bertz CT molecular complexity index is 556. The molecule has 1 aromatic rings. The molecule has 1 N–H and O–H groups in total. The largest absolute Gasteiger partial charge is 0.478 e. The van der Waals surface area contributed by atoms with Crippen molar-refractivity contribution in [3.63, 3.8) is 0 Å². The number of benzene rings is 1. The van der Waals surface area contributed by atoms with E-state index in [1.54, 1.807) is 6.08 Å². The second-order valence-corrected chi connectivity index (χ2v) is 6.50. The summed E-state index contributed by atoms with van der Waals surface area (Å²) in [4.78, 5) is 12.9. The van der Waals surface area contributed by atoms with Gasteiger partial charge in [-0.25, -0.2) is 4.79 Å². The first-order chi connectivity index (χ1) is 9.88. The summed E-state index contributed by atoms with van der Waals surface area (Å²) in [5.41, 5.74) is 1.84. The molecule has 4 heteroatoms. The van der Waals surface area contributed by atoms with Crippen LogP contribution in [-0.2, 0) is 4.79 Å². The van der Waals surface area contributed by atoms with Gasteiger partial charge in [-0.1, -0.05) is 31.5 Å². The van der Waals surface area contributed by atoms with E-state index in [0.29, 0.717) is 22.9 Å². The average molecular weight is 308 g/mol. The van der Waals surface area contributed by atoms with Crippen LogP contribution in [0, 0.1) is 11.8 Å². The number of halogens is 1. The fraction of sp³-hybridized carbons (Fsp3) is 0.471. The van der Waals surface area contributed by atoms with Gasteiger partial charge in [0.2, 0.25) is 0 Å². The Morgan fingerprint density at radius 1 is 1.38 bits per heavy atom. The fourth-order valence-corrected chi connectivity index (χ4v) is 3.36. The average Bonchev–Trinajstić information content (AvgIpc) is 2.41. The number of carboxylic acids is 1. The normalized spacial score (nSPS) is 26.3. The van der Waals surface area contributed by atoms with E-state index >= 15 is 0 Å². The molecule has 0 bridgehead atoms. The second-order valence-electron chi connectivity index (χ2n) is 6.09. The highest BCUT2D eigenvalue weighted by Crippen LogP contribution is 2.35. The number of anilines is 1. The predicted molar refractivity (Wildman–Crippen MR) is 87.9 cm³/mol. The molecule has 21 heavy (non-hydrogen) atoms. The fourth-order valence-electron chi connectivity index (χ4n) is 3.06. The van der Waals surface area contributed by atoms with E-state index in [1.165, 1.54) is 6.42 Å². The first-order valence-corrected chi connectivity index (χ1v) is 7.73. The smallest absolute Gasteiger partial charge is 0.328 e. The van der Waals surface area contributed by atoms with Gasteiger partial charge in [-0.2, -0.15) is 0 Å². The molecule has 1 heterocycles. The maximum atomic E-state index is 10.6. The lowest BCUT2D eigenvalue weighted by atomic mass is 9.85. The van der Waals surface area contributed by atoms with Crippen LogP contribution < -0.4 is 4.90 Å². The van der Waals surface area contributed by atoms with Gasteiger partial charge < -0.3 is 10.0 Å². The van der Waals surface area contributed by atoms with Gasteiger partial charge in [0, 0.05) is 18.7 Å². The molecule has 0 amide bonds. The standard InChI is InChI=1S/C17H22ClNO2/c1-11-8-12(2)13(3)19(10-11)16-6-4-14(9-15(16)18)5-7-17(20)21/h4-7,9,11-13H,8,10H2,1-3H3,(H,20,21)/b7-5+. The van der Waals surface area contributed by atoms with Crippen molar-refractivity contribution in [2.24, 2.45) is 11.8 Å². The molecule has 114 valence electrons. The molecule has 1 aliphatic heterocycles. The van der Waals surface area contributed by atoms with E-state index in [4.69, 9.17) is 16.7 Å². The Kier molecular flexibility index (Phi) is 4.94. The molecule has 0 aromatic heterocycles. The maximum Gasteiger partial charge on any atom is 0.328 e. The summed E-state index contributed by atoms with van der Waals surface area (Å²) in [6, 6.07) is 6.19. The van der Waals surface area contributed by atoms with E-state index in [1.807, 2.05) is 18.2 Å². The molecule has 1 aromatic carbocycles. The van der Waals surface area contributed by atoms with Gasteiger partial charge in [0.05, 0.1) is 10.7 Å². The third-order valence-electron chi connectivity index (χ3n) is 4.30. The Morgan fingerprint density at radius 3 is 2.71 bits per heavy atom. The molecule has 0 saturated carbocycles. The van der Waals surface area contributed by atoms with Crippen molar-refractivity contribution in [3.05, 3.63) is 34.9 Å². The minimum atomic E-state index is -0.956. The van der Waals surface area contributed by atoms with Crippen LogP contribution in [-0.4, -0.2) is 23.7 Å². The van der Waals surface area contributed by atoms with E-state index in [0.717, 1.165) is 23.9 Å². The number of hydrogen-bond donors (Lipinski definition) is 1. The summed E-state index contributed by atoms with van der Waals surface area (Å²) in [5.74, 6) is 0.331. The van der Waals surface area contributed by atoms with Crippen molar-refractivity contribution >= 4 is 29.3 Å². The first kappa shape index (κ1) is 15.9. The Hall–Kier alpha value is -1.48. The molecular formula is C17H22ClNO2. The number of hydrogen-bond acceptors (Lipinski definition) is 2. The number of piperidine rings is 1. The topological polar surface area (TPSA) is 40.5 Å². The van der Waals surface area contributed by atoms with Crippen molar-refractivity contribution in [1.82, 2.24) is 0 Å². The van der Waals surface area contributed by atoms with Crippen LogP contribution in [0.4, 0.5) is 5.69 Å². The van der Waals surface area contributed by atoms with Gasteiger partial charge >= 0.3 is 5.97 Å². The van der Waals surface area contributed by atoms with E-state index in [-0.39, 0.29) is 0 Å². The lowest BCUT2D eigenvalue weighted by Crippen LogP contribution is -2.46. The highest BCUT2D eigenvalue weighted by molar-refractivity contribution is 6.33. The van der Waals surface area contributed by atoms with E-state index in [9.17, 15) is 4.79 Å². The van der Waals surface area contributed by atoms with Crippen LogP contribution in [0.2, 0.25) is 5.02 Å². The van der Waals surface area contributed by atoms with E-state index < -0.39 is 5.97 Å². The van der Waals surface area contributed by atoms with Crippen LogP contribution in [0.3, 0.4) is 0 Å². The van der Waals surface area contributed by atoms with Crippen molar-refractivity contribution in [1.29, 1.82) is 0 Å². The quantitative estimate of drug-likeness (QED) is 0.846. The zero-order valence-corrected chi connectivity index (χ0v) is 13.5. The van der Waals surface area contributed by atoms with E-state index in [2.05, 4.69) is 25.7 Å². The molecule has 1 aliphatic rings. The molecular weight excluding hydrogens is 286 g/mol. The molecule has 2 rings (SSSR count). The monoisotopic (exact) mass is 307 g/mol. The van der Waals surface area contributed by atoms with Crippen LogP contribution in [0.15, 0.2) is 24.3 Å². The van der Waals surface area contributed by atoms with Gasteiger partial charge in [0.15, 0.2) is 0 Å². The van der Waals surface area contributed by atoms with Gasteiger partial charge in [-0.05, 0) is 49.0 Å². The van der Waals surface area contributed by atoms with Gasteiger partial charge in [0.25, 0.3) is 0 Å². The zero-order chi connectivity index (χ0) is 15.6. The van der Waals surface area contributed by atoms with Crippen LogP contribution in [0.1, 0.15) is 32.8 Å². The van der Waals surface area contributed by atoms with Crippen molar-refractivity contribution in [2.75, 3.05) is 11.4 Å². The van der Waals surface area contributed by atoms with Crippen molar-refractivity contribution in [3.8, 4) is 0 Å². The second kappa shape index (κ2) is 6.52. The van der Waals surface area contributed by atoms with Gasteiger partial charge in [-0.15, -0.1) is 0 Å². The molecule has 0 spiro atoms. The van der Waals surface area contributed by atoms with Gasteiger partial charge in [-0.3, -0.25) is 0 Å². The molecule has 1 fully saturated rings. The van der Waals surface area contributed by atoms with Crippen LogP contribution in [0.25, 0.3) is 6.08 Å². The highest BCUT2D eigenvalue weighted by Gasteiger charge is 2.29. The lowest BCUT2D eigenvalue weighted by molar-refractivity contribution is -0.131. The first-order valence-electron chi connectivity index (χ1n) is 7.35. The molecule has 1 saturated heterocycles. The number of rotatable bonds is 3. The SMILES string of the molecule is CC1CC(C)C(C)N(c2ccc(/C=C/C(=O)O)cc2Cl)C1. The Balaban J connectivity index is 2.26.